The molecule has 0 N–H and O–H groups in total. The highest BCUT2D eigenvalue weighted by Crippen LogP contribution is 2.30. The van der Waals surface area contributed by atoms with Crippen LogP contribution in [-0.2, 0) is 5.41 Å². The number of ether oxygens (including phenoxy) is 1. The number of benzene rings is 2. The minimum absolute atomic E-state index is 0.145. The van der Waals surface area contributed by atoms with Crippen molar-refractivity contribution in [2.75, 3.05) is 0 Å². The molecule has 0 fully saturated rings. The minimum Gasteiger partial charge on any atom is -0.423 e. The average molecular weight is 323 g/mol. The third-order valence-corrected chi connectivity index (χ3v) is 3.62. The van der Waals surface area contributed by atoms with Crippen LogP contribution in [0, 0.1) is 0 Å². The van der Waals surface area contributed by atoms with Crippen molar-refractivity contribution in [3.05, 3.63) is 63.6 Å². The number of esters is 1. The van der Waals surface area contributed by atoms with Crippen molar-refractivity contribution in [2.24, 2.45) is 0 Å². The zero-order valence-corrected chi connectivity index (χ0v) is 13.6. The monoisotopic (exact) mass is 322 g/mol. The summed E-state index contributed by atoms with van der Waals surface area (Å²) in [5.74, 6) is 0.0381. The maximum absolute atomic E-state index is 12.2. The predicted octanol–water partition coefficient (Wildman–Crippen LogP) is 5.51. The van der Waals surface area contributed by atoms with Crippen LogP contribution in [-0.4, -0.2) is 5.97 Å². The predicted molar refractivity (Wildman–Crippen MR) is 86.6 cm³/mol. The standard InChI is InChI=1S/C17H16Cl2O2/c1-17(2,3)14-10-11(4-9-15(14)19)16(20)21-13-7-5-12(18)6-8-13/h4-10H,1-3H3. The highest BCUT2D eigenvalue weighted by molar-refractivity contribution is 6.31. The molecule has 0 aliphatic heterocycles. The third-order valence-electron chi connectivity index (χ3n) is 3.03. The van der Waals surface area contributed by atoms with E-state index < -0.39 is 5.97 Å². The van der Waals surface area contributed by atoms with Gasteiger partial charge in [0, 0.05) is 10.0 Å². The van der Waals surface area contributed by atoms with Gasteiger partial charge in [-0.25, -0.2) is 4.79 Å². The topological polar surface area (TPSA) is 26.3 Å². The molecule has 2 aromatic carbocycles. The van der Waals surface area contributed by atoms with Crippen LogP contribution in [0.25, 0.3) is 0 Å². The van der Waals surface area contributed by atoms with Gasteiger partial charge in [-0.2, -0.15) is 0 Å². The van der Waals surface area contributed by atoms with Crippen molar-refractivity contribution in [1.29, 1.82) is 0 Å². The molecule has 0 aliphatic carbocycles. The van der Waals surface area contributed by atoms with Gasteiger partial charge in [0.2, 0.25) is 0 Å². The molecule has 0 saturated carbocycles. The molecule has 21 heavy (non-hydrogen) atoms. The lowest BCUT2D eigenvalue weighted by atomic mass is 9.86. The summed E-state index contributed by atoms with van der Waals surface area (Å²) in [5.41, 5.74) is 1.24. The van der Waals surface area contributed by atoms with Crippen molar-refractivity contribution in [3.63, 3.8) is 0 Å². The van der Waals surface area contributed by atoms with Gasteiger partial charge in [-0.05, 0) is 53.4 Å². The van der Waals surface area contributed by atoms with Crippen LogP contribution < -0.4 is 4.74 Å². The van der Waals surface area contributed by atoms with Crippen molar-refractivity contribution in [3.8, 4) is 5.75 Å². The molecule has 0 unspecified atom stereocenters. The summed E-state index contributed by atoms with van der Waals surface area (Å²) in [6.07, 6.45) is 0. The fourth-order valence-corrected chi connectivity index (χ4v) is 2.42. The molecule has 0 radical (unpaired) electrons. The van der Waals surface area contributed by atoms with E-state index in [1.807, 2.05) is 20.8 Å². The van der Waals surface area contributed by atoms with Crippen LogP contribution in [0.1, 0.15) is 36.7 Å². The molecule has 0 atom stereocenters. The molecule has 0 spiro atoms. The summed E-state index contributed by atoms with van der Waals surface area (Å²) in [5, 5.41) is 1.24. The van der Waals surface area contributed by atoms with Gasteiger partial charge >= 0.3 is 5.97 Å². The van der Waals surface area contributed by atoms with Gasteiger partial charge in [-0.1, -0.05) is 44.0 Å². The number of halogens is 2. The summed E-state index contributed by atoms with van der Waals surface area (Å²) < 4.78 is 5.32. The first-order valence-corrected chi connectivity index (χ1v) is 7.31. The van der Waals surface area contributed by atoms with E-state index in [0.717, 1.165) is 5.56 Å². The number of hydrogen-bond acceptors (Lipinski definition) is 2. The minimum atomic E-state index is -0.417. The molecule has 2 aromatic rings. The Morgan fingerprint density at radius 3 is 2.19 bits per heavy atom. The lowest BCUT2D eigenvalue weighted by Gasteiger charge is -2.21. The van der Waals surface area contributed by atoms with Crippen molar-refractivity contribution in [1.82, 2.24) is 0 Å². The fourth-order valence-electron chi connectivity index (χ4n) is 1.90. The van der Waals surface area contributed by atoms with Crippen LogP contribution in [0.4, 0.5) is 0 Å². The Hall–Kier alpha value is -1.51. The van der Waals surface area contributed by atoms with Crippen LogP contribution in [0.2, 0.25) is 10.0 Å². The van der Waals surface area contributed by atoms with Gasteiger partial charge in [0.05, 0.1) is 5.56 Å². The zero-order valence-electron chi connectivity index (χ0n) is 12.1. The molecule has 0 aliphatic rings. The molecule has 0 aromatic heterocycles. The number of rotatable bonds is 2. The van der Waals surface area contributed by atoms with Gasteiger partial charge in [0.15, 0.2) is 0 Å². The Kier molecular flexibility index (Phi) is 4.60. The first-order valence-electron chi connectivity index (χ1n) is 6.55. The van der Waals surface area contributed by atoms with Gasteiger partial charge in [0.25, 0.3) is 0 Å². The first kappa shape index (κ1) is 15.9. The Morgan fingerprint density at radius 1 is 1.00 bits per heavy atom. The van der Waals surface area contributed by atoms with Gasteiger partial charge in [-0.15, -0.1) is 0 Å². The van der Waals surface area contributed by atoms with Crippen LogP contribution >= 0.6 is 23.2 Å². The molecule has 0 heterocycles. The second-order valence-electron chi connectivity index (χ2n) is 5.79. The Balaban J connectivity index is 2.25. The zero-order chi connectivity index (χ0) is 15.6. The SMILES string of the molecule is CC(C)(C)c1cc(C(=O)Oc2ccc(Cl)cc2)ccc1Cl. The largest absolute Gasteiger partial charge is 0.423 e. The summed E-state index contributed by atoms with van der Waals surface area (Å²) in [7, 11) is 0. The summed E-state index contributed by atoms with van der Waals surface area (Å²) in [6, 6.07) is 11.8. The van der Waals surface area contributed by atoms with Crippen molar-refractivity contribution in [2.45, 2.75) is 26.2 Å². The van der Waals surface area contributed by atoms with Crippen LogP contribution in [0.3, 0.4) is 0 Å². The molecule has 4 heteroatoms. The first-order chi connectivity index (χ1) is 9.77. The van der Waals surface area contributed by atoms with Gasteiger partial charge < -0.3 is 4.74 Å². The van der Waals surface area contributed by atoms with E-state index in [1.54, 1.807) is 42.5 Å². The van der Waals surface area contributed by atoms with Crippen LogP contribution in [0.5, 0.6) is 5.75 Å². The molecule has 2 nitrogen and oxygen atoms in total. The fraction of sp³-hybridized carbons (Fsp3) is 0.235. The summed E-state index contributed by atoms with van der Waals surface area (Å²) >= 11 is 12.0. The molecule has 2 rings (SSSR count). The highest BCUT2D eigenvalue weighted by Gasteiger charge is 2.20. The number of carbonyl (C=O) groups is 1. The van der Waals surface area contributed by atoms with E-state index in [4.69, 9.17) is 27.9 Å². The highest BCUT2D eigenvalue weighted by atomic mass is 35.5. The smallest absolute Gasteiger partial charge is 0.343 e. The summed E-state index contributed by atoms with van der Waals surface area (Å²) in [6.45, 7) is 6.13. The van der Waals surface area contributed by atoms with Gasteiger partial charge in [-0.3, -0.25) is 0 Å². The summed E-state index contributed by atoms with van der Waals surface area (Å²) in [4.78, 5) is 12.2. The number of carbonyl (C=O) groups excluding carboxylic acids is 1. The normalized spacial score (nSPS) is 11.3. The molecule has 0 saturated heterocycles. The Morgan fingerprint density at radius 2 is 1.62 bits per heavy atom. The second kappa shape index (κ2) is 6.08. The van der Waals surface area contributed by atoms with Gasteiger partial charge in [0.1, 0.15) is 5.75 Å². The lowest BCUT2D eigenvalue weighted by Crippen LogP contribution is -2.15. The van der Waals surface area contributed by atoms with E-state index in [9.17, 15) is 4.79 Å². The third kappa shape index (κ3) is 3.99. The van der Waals surface area contributed by atoms with E-state index in [2.05, 4.69) is 0 Å². The molecular formula is C17H16Cl2O2. The van der Waals surface area contributed by atoms with Crippen molar-refractivity contribution >= 4 is 29.2 Å². The van der Waals surface area contributed by atoms with E-state index in [0.29, 0.717) is 21.4 Å². The Bertz CT molecular complexity index is 655. The second-order valence-corrected chi connectivity index (χ2v) is 6.63. The molecule has 0 amide bonds. The van der Waals surface area contributed by atoms with Crippen molar-refractivity contribution < 1.29 is 9.53 Å². The average Bonchev–Trinajstić information content (AvgIpc) is 2.40. The van der Waals surface area contributed by atoms with E-state index in [-0.39, 0.29) is 5.41 Å². The molecular weight excluding hydrogens is 307 g/mol. The lowest BCUT2D eigenvalue weighted by molar-refractivity contribution is 0.0734. The Labute approximate surface area is 134 Å². The molecule has 0 bridgehead atoms. The maximum atomic E-state index is 12.2. The molecule has 110 valence electrons. The maximum Gasteiger partial charge on any atom is 0.343 e. The van der Waals surface area contributed by atoms with Crippen LogP contribution in [0.15, 0.2) is 42.5 Å². The van der Waals surface area contributed by atoms with E-state index >= 15 is 0 Å². The quantitative estimate of drug-likeness (QED) is 0.538. The van der Waals surface area contributed by atoms with E-state index in [1.165, 1.54) is 0 Å². The number of hydrogen-bond donors (Lipinski definition) is 0.